The maximum Gasteiger partial charge on any atom is 0.155 e. The molecule has 98 valence electrons. The van der Waals surface area contributed by atoms with E-state index in [1.807, 2.05) is 47.0 Å². The Balaban J connectivity index is 2.04. The maximum absolute atomic E-state index is 10.5. The van der Waals surface area contributed by atoms with Gasteiger partial charge in [0.2, 0.25) is 0 Å². The molecule has 4 rings (SSSR count). The molecule has 1 atom stereocenters. The quantitative estimate of drug-likeness (QED) is 0.605. The molecule has 4 aromatic rings. The fourth-order valence-electron chi connectivity index (χ4n) is 2.53. The molecule has 0 fully saturated rings. The zero-order valence-electron chi connectivity index (χ0n) is 10.6. The van der Waals surface area contributed by atoms with Gasteiger partial charge in [-0.15, -0.1) is 0 Å². The molecule has 0 aliphatic rings. The Bertz CT molecular complexity index is 878. The van der Waals surface area contributed by atoms with Crippen molar-refractivity contribution in [3.63, 3.8) is 0 Å². The molecule has 0 spiro atoms. The number of aliphatic hydroxyl groups excluding tert-OH is 1. The molecule has 3 heterocycles. The monoisotopic (exact) mass is 264 g/mol. The van der Waals surface area contributed by atoms with Gasteiger partial charge in [-0.2, -0.15) is 0 Å². The van der Waals surface area contributed by atoms with Gasteiger partial charge in [0, 0.05) is 6.20 Å². The summed E-state index contributed by atoms with van der Waals surface area (Å²) in [7, 11) is 0. The largest absolute Gasteiger partial charge is 0.466 e. The van der Waals surface area contributed by atoms with Crippen LogP contribution in [0.25, 0.3) is 16.6 Å². The highest BCUT2D eigenvalue weighted by Gasteiger charge is 2.19. The highest BCUT2D eigenvalue weighted by Crippen LogP contribution is 2.27. The van der Waals surface area contributed by atoms with Gasteiger partial charge in [0.05, 0.1) is 22.8 Å². The SMILES string of the molecule is OC(c1ccco1)c1nc2ccccc2n2cccc12. The van der Waals surface area contributed by atoms with Gasteiger partial charge in [-0.1, -0.05) is 12.1 Å². The Morgan fingerprint density at radius 3 is 2.70 bits per heavy atom. The Morgan fingerprint density at radius 1 is 1.00 bits per heavy atom. The summed E-state index contributed by atoms with van der Waals surface area (Å²) in [6.45, 7) is 0. The summed E-state index contributed by atoms with van der Waals surface area (Å²) >= 11 is 0. The van der Waals surface area contributed by atoms with Crippen LogP contribution in [0.2, 0.25) is 0 Å². The lowest BCUT2D eigenvalue weighted by Gasteiger charge is -2.12. The normalized spacial score (nSPS) is 13.1. The fraction of sp³-hybridized carbons (Fsp3) is 0.0625. The van der Waals surface area contributed by atoms with Gasteiger partial charge in [0.15, 0.2) is 6.10 Å². The first-order valence-electron chi connectivity index (χ1n) is 6.42. The summed E-state index contributed by atoms with van der Waals surface area (Å²) in [5, 5.41) is 10.5. The number of para-hydroxylation sites is 2. The highest BCUT2D eigenvalue weighted by molar-refractivity contribution is 5.80. The number of nitrogens with zero attached hydrogens (tertiary/aromatic N) is 2. The summed E-state index contributed by atoms with van der Waals surface area (Å²) in [6, 6.07) is 15.3. The van der Waals surface area contributed by atoms with Crippen molar-refractivity contribution in [1.29, 1.82) is 0 Å². The second-order valence-electron chi connectivity index (χ2n) is 4.67. The number of hydrogen-bond donors (Lipinski definition) is 1. The molecule has 1 unspecified atom stereocenters. The van der Waals surface area contributed by atoms with Gasteiger partial charge in [-0.05, 0) is 36.4 Å². The van der Waals surface area contributed by atoms with Crippen molar-refractivity contribution in [2.75, 3.05) is 0 Å². The molecule has 0 saturated heterocycles. The molecule has 1 aromatic carbocycles. The lowest BCUT2D eigenvalue weighted by atomic mass is 10.1. The van der Waals surface area contributed by atoms with Crippen LogP contribution < -0.4 is 0 Å². The molecule has 4 heteroatoms. The molecule has 0 aliphatic heterocycles. The van der Waals surface area contributed by atoms with E-state index < -0.39 is 6.10 Å². The van der Waals surface area contributed by atoms with Crippen molar-refractivity contribution >= 4 is 16.6 Å². The summed E-state index contributed by atoms with van der Waals surface area (Å²) in [4.78, 5) is 4.60. The fourth-order valence-corrected chi connectivity index (χ4v) is 2.53. The van der Waals surface area contributed by atoms with Crippen LogP contribution in [-0.4, -0.2) is 14.5 Å². The number of aromatic nitrogens is 2. The summed E-state index contributed by atoms with van der Waals surface area (Å²) in [5.41, 5.74) is 3.34. The van der Waals surface area contributed by atoms with Crippen LogP contribution in [0.3, 0.4) is 0 Å². The summed E-state index contributed by atoms with van der Waals surface area (Å²) in [6.07, 6.45) is 2.65. The second kappa shape index (κ2) is 4.21. The van der Waals surface area contributed by atoms with E-state index >= 15 is 0 Å². The maximum atomic E-state index is 10.5. The van der Waals surface area contributed by atoms with Crippen LogP contribution in [0, 0.1) is 0 Å². The Kier molecular flexibility index (Phi) is 2.37. The van der Waals surface area contributed by atoms with E-state index in [0.29, 0.717) is 11.5 Å². The van der Waals surface area contributed by atoms with Crippen LogP contribution >= 0.6 is 0 Å². The van der Waals surface area contributed by atoms with Gasteiger partial charge in [0.1, 0.15) is 11.5 Å². The van der Waals surface area contributed by atoms with Crippen LogP contribution in [-0.2, 0) is 0 Å². The standard InChI is InChI=1S/C16H12N2O2/c19-16(14-8-4-10-20-14)15-13-7-3-9-18(13)12-6-2-1-5-11(12)17-15/h1-10,16,19H. The highest BCUT2D eigenvalue weighted by atomic mass is 16.4. The van der Waals surface area contributed by atoms with Gasteiger partial charge in [0.25, 0.3) is 0 Å². The van der Waals surface area contributed by atoms with E-state index in [2.05, 4.69) is 4.98 Å². The van der Waals surface area contributed by atoms with Crippen molar-refractivity contribution in [1.82, 2.24) is 9.38 Å². The Morgan fingerprint density at radius 2 is 1.85 bits per heavy atom. The van der Waals surface area contributed by atoms with Crippen LogP contribution in [0.15, 0.2) is 65.4 Å². The van der Waals surface area contributed by atoms with Crippen molar-refractivity contribution in [3.05, 3.63) is 72.4 Å². The first-order chi connectivity index (χ1) is 9.84. The first kappa shape index (κ1) is 11.3. The third kappa shape index (κ3) is 1.55. The molecule has 1 N–H and O–H groups in total. The van der Waals surface area contributed by atoms with E-state index in [0.717, 1.165) is 16.6 Å². The summed E-state index contributed by atoms with van der Waals surface area (Å²) in [5.74, 6) is 0.496. The Labute approximate surface area is 114 Å². The third-order valence-corrected chi connectivity index (χ3v) is 3.47. The smallest absolute Gasteiger partial charge is 0.155 e. The van der Waals surface area contributed by atoms with Crippen molar-refractivity contribution in [2.24, 2.45) is 0 Å². The predicted octanol–water partition coefficient (Wildman–Crippen LogP) is 3.16. The topological polar surface area (TPSA) is 50.7 Å². The van der Waals surface area contributed by atoms with E-state index in [9.17, 15) is 5.11 Å². The molecule has 4 nitrogen and oxygen atoms in total. The second-order valence-corrected chi connectivity index (χ2v) is 4.67. The average molecular weight is 264 g/mol. The molecule has 20 heavy (non-hydrogen) atoms. The number of rotatable bonds is 2. The number of benzene rings is 1. The number of fused-ring (bicyclic) bond motifs is 3. The van der Waals surface area contributed by atoms with E-state index in [-0.39, 0.29) is 0 Å². The van der Waals surface area contributed by atoms with E-state index in [4.69, 9.17) is 4.42 Å². The van der Waals surface area contributed by atoms with Crippen LogP contribution in [0.5, 0.6) is 0 Å². The van der Waals surface area contributed by atoms with E-state index in [1.165, 1.54) is 0 Å². The zero-order valence-corrected chi connectivity index (χ0v) is 10.6. The van der Waals surface area contributed by atoms with E-state index in [1.54, 1.807) is 18.4 Å². The lowest BCUT2D eigenvalue weighted by molar-refractivity contribution is 0.186. The molecular weight excluding hydrogens is 252 g/mol. The van der Waals surface area contributed by atoms with Crippen LogP contribution in [0.1, 0.15) is 17.6 Å². The van der Waals surface area contributed by atoms with Crippen LogP contribution in [0.4, 0.5) is 0 Å². The molecule has 0 aliphatic carbocycles. The van der Waals surface area contributed by atoms with Gasteiger partial charge in [-0.3, -0.25) is 0 Å². The van der Waals surface area contributed by atoms with Crippen molar-refractivity contribution in [2.45, 2.75) is 6.10 Å². The molecule has 0 radical (unpaired) electrons. The minimum absolute atomic E-state index is 0.496. The average Bonchev–Trinajstić information content (AvgIpc) is 3.16. The minimum Gasteiger partial charge on any atom is -0.466 e. The van der Waals surface area contributed by atoms with Crippen molar-refractivity contribution < 1.29 is 9.52 Å². The number of furan rings is 1. The third-order valence-electron chi connectivity index (χ3n) is 3.47. The first-order valence-corrected chi connectivity index (χ1v) is 6.42. The lowest BCUT2D eigenvalue weighted by Crippen LogP contribution is -2.05. The molecular formula is C16H12N2O2. The zero-order chi connectivity index (χ0) is 13.5. The predicted molar refractivity (Wildman–Crippen MR) is 75.5 cm³/mol. The molecule has 0 bridgehead atoms. The molecule has 3 aromatic heterocycles. The van der Waals surface area contributed by atoms with Crippen molar-refractivity contribution in [3.8, 4) is 0 Å². The van der Waals surface area contributed by atoms with Gasteiger partial charge in [-0.25, -0.2) is 4.98 Å². The molecule has 0 amide bonds. The Hall–Kier alpha value is -2.59. The number of hydrogen-bond acceptors (Lipinski definition) is 3. The summed E-state index contributed by atoms with van der Waals surface area (Å²) < 4.78 is 7.32. The minimum atomic E-state index is -0.869. The van der Waals surface area contributed by atoms with Gasteiger partial charge < -0.3 is 13.9 Å². The van der Waals surface area contributed by atoms with Gasteiger partial charge >= 0.3 is 0 Å². The number of aliphatic hydroxyl groups is 1. The molecule has 0 saturated carbocycles.